The van der Waals surface area contributed by atoms with E-state index in [0.717, 1.165) is 5.56 Å². The molecule has 2 rings (SSSR count). The molecule has 0 N–H and O–H groups in total. The fraction of sp³-hybridized carbons (Fsp3) is 0.0833. The Morgan fingerprint density at radius 2 is 1.94 bits per heavy atom. The Balaban J connectivity index is 2.19. The Labute approximate surface area is 114 Å². The lowest BCUT2D eigenvalue weighted by Gasteiger charge is -2.06. The average Bonchev–Trinajstić information content (AvgIpc) is 2.34. The molecule has 0 aliphatic carbocycles. The van der Waals surface area contributed by atoms with Gasteiger partial charge in [-0.25, -0.2) is 4.98 Å². The zero-order chi connectivity index (χ0) is 12.3. The third-order valence-corrected chi connectivity index (χ3v) is 2.90. The molecule has 0 radical (unpaired) electrons. The summed E-state index contributed by atoms with van der Waals surface area (Å²) in [4.78, 5) is 4.11. The Morgan fingerprint density at radius 3 is 2.53 bits per heavy atom. The maximum Gasteiger partial charge on any atom is 0.219 e. The van der Waals surface area contributed by atoms with Gasteiger partial charge in [0, 0.05) is 23.2 Å². The quantitative estimate of drug-likeness (QED) is 0.748. The van der Waals surface area contributed by atoms with Crippen molar-refractivity contribution in [1.29, 1.82) is 0 Å². The van der Waals surface area contributed by atoms with Gasteiger partial charge in [0.05, 0.1) is 5.02 Å². The Kier molecular flexibility index (Phi) is 4.11. The van der Waals surface area contributed by atoms with Crippen LogP contribution in [0.2, 0.25) is 10.0 Å². The molecule has 2 aromatic rings. The van der Waals surface area contributed by atoms with E-state index in [-0.39, 0.29) is 0 Å². The van der Waals surface area contributed by atoms with Gasteiger partial charge in [0.25, 0.3) is 0 Å². The molecule has 0 aliphatic rings. The molecule has 1 aromatic heterocycles. The molecule has 1 aromatic carbocycles. The molecule has 5 heteroatoms. The van der Waals surface area contributed by atoms with Gasteiger partial charge in [-0.1, -0.05) is 29.3 Å². The lowest BCUT2D eigenvalue weighted by molar-refractivity contribution is 0.463. The zero-order valence-corrected chi connectivity index (χ0v) is 10.9. The van der Waals surface area contributed by atoms with Crippen molar-refractivity contribution in [3.05, 3.63) is 52.1 Å². The van der Waals surface area contributed by atoms with E-state index in [1.165, 1.54) is 0 Å². The van der Waals surface area contributed by atoms with E-state index < -0.39 is 0 Å². The number of rotatable bonds is 3. The molecule has 0 aliphatic heterocycles. The molecule has 0 fully saturated rings. The first-order valence-electron chi connectivity index (χ1n) is 4.83. The van der Waals surface area contributed by atoms with Crippen LogP contribution in [0.3, 0.4) is 0 Å². The molecule has 0 atom stereocenters. The third kappa shape index (κ3) is 3.25. The van der Waals surface area contributed by atoms with Crippen molar-refractivity contribution >= 4 is 34.8 Å². The summed E-state index contributed by atoms with van der Waals surface area (Å²) >= 11 is 17.4. The Morgan fingerprint density at radius 1 is 1.12 bits per heavy atom. The molecule has 0 bridgehead atoms. The number of nitrogens with zero attached hydrogens (tertiary/aromatic N) is 1. The van der Waals surface area contributed by atoms with Crippen molar-refractivity contribution in [2.75, 3.05) is 0 Å². The molecule has 17 heavy (non-hydrogen) atoms. The van der Waals surface area contributed by atoms with Crippen molar-refractivity contribution < 1.29 is 4.74 Å². The minimum absolute atomic E-state index is 0.426. The second-order valence-corrected chi connectivity index (χ2v) is 4.43. The molecule has 0 saturated heterocycles. The van der Waals surface area contributed by atoms with Gasteiger partial charge in [-0.05, 0) is 23.8 Å². The van der Waals surface area contributed by atoms with E-state index >= 15 is 0 Å². The molecular formula is C12H8Cl3NO. The number of alkyl halides is 1. The van der Waals surface area contributed by atoms with Crippen LogP contribution in [0.4, 0.5) is 0 Å². The van der Waals surface area contributed by atoms with Gasteiger partial charge in [0.2, 0.25) is 5.88 Å². The van der Waals surface area contributed by atoms with E-state index in [4.69, 9.17) is 39.5 Å². The minimum atomic E-state index is 0.426. The number of aromatic nitrogens is 1. The van der Waals surface area contributed by atoms with Gasteiger partial charge < -0.3 is 4.74 Å². The normalized spacial score (nSPS) is 10.3. The molecular weight excluding hydrogens is 280 g/mol. The van der Waals surface area contributed by atoms with Crippen LogP contribution in [0, 0.1) is 0 Å². The standard InChI is InChI=1S/C12H8Cl3NO/c13-6-8-1-4-12(16-7-8)17-11-3-2-9(14)5-10(11)15/h1-5,7H,6H2. The highest BCUT2D eigenvalue weighted by Crippen LogP contribution is 2.30. The maximum atomic E-state index is 5.98. The van der Waals surface area contributed by atoms with Crippen LogP contribution in [0.15, 0.2) is 36.5 Å². The summed E-state index contributed by atoms with van der Waals surface area (Å²) in [5.41, 5.74) is 0.932. The number of halogens is 3. The highest BCUT2D eigenvalue weighted by molar-refractivity contribution is 6.35. The van der Waals surface area contributed by atoms with Gasteiger partial charge in [-0.15, -0.1) is 11.6 Å². The Bertz CT molecular complexity index is 514. The Hall–Kier alpha value is -0.960. The van der Waals surface area contributed by atoms with Gasteiger partial charge in [0.1, 0.15) is 5.75 Å². The number of benzene rings is 1. The first-order valence-corrected chi connectivity index (χ1v) is 6.12. The average molecular weight is 289 g/mol. The van der Waals surface area contributed by atoms with E-state index in [2.05, 4.69) is 4.98 Å². The van der Waals surface area contributed by atoms with Crippen LogP contribution in [0.25, 0.3) is 0 Å². The second-order valence-electron chi connectivity index (χ2n) is 3.32. The zero-order valence-electron chi connectivity index (χ0n) is 8.66. The highest BCUT2D eigenvalue weighted by Gasteiger charge is 2.04. The lowest BCUT2D eigenvalue weighted by Crippen LogP contribution is -1.89. The van der Waals surface area contributed by atoms with Crippen LogP contribution in [-0.2, 0) is 5.88 Å². The maximum absolute atomic E-state index is 5.98. The molecule has 0 unspecified atom stereocenters. The first-order chi connectivity index (χ1) is 8.19. The predicted octanol–water partition coefficient (Wildman–Crippen LogP) is 4.92. The summed E-state index contributed by atoms with van der Waals surface area (Å²) in [5, 5.41) is 1.01. The van der Waals surface area contributed by atoms with E-state index in [9.17, 15) is 0 Å². The summed E-state index contributed by atoms with van der Waals surface area (Å²) in [7, 11) is 0. The molecule has 0 amide bonds. The minimum Gasteiger partial charge on any atom is -0.437 e. The van der Waals surface area contributed by atoms with Gasteiger partial charge in [0.15, 0.2) is 0 Å². The van der Waals surface area contributed by atoms with Crippen LogP contribution >= 0.6 is 34.8 Å². The van der Waals surface area contributed by atoms with Crippen molar-refractivity contribution in [2.45, 2.75) is 5.88 Å². The number of hydrogen-bond donors (Lipinski definition) is 0. The smallest absolute Gasteiger partial charge is 0.219 e. The molecule has 0 saturated carbocycles. The fourth-order valence-corrected chi connectivity index (χ4v) is 1.83. The summed E-state index contributed by atoms with van der Waals surface area (Å²) in [6, 6.07) is 8.60. The summed E-state index contributed by atoms with van der Waals surface area (Å²) in [6.07, 6.45) is 1.66. The summed E-state index contributed by atoms with van der Waals surface area (Å²) in [6.45, 7) is 0. The SMILES string of the molecule is ClCc1ccc(Oc2ccc(Cl)cc2Cl)nc1. The van der Waals surface area contributed by atoms with Crippen LogP contribution in [0.5, 0.6) is 11.6 Å². The van der Waals surface area contributed by atoms with E-state index in [1.54, 1.807) is 30.5 Å². The lowest BCUT2D eigenvalue weighted by atomic mass is 10.3. The van der Waals surface area contributed by atoms with E-state index in [1.807, 2.05) is 6.07 Å². The van der Waals surface area contributed by atoms with E-state index in [0.29, 0.717) is 27.6 Å². The van der Waals surface area contributed by atoms with Crippen LogP contribution < -0.4 is 4.74 Å². The number of ether oxygens (including phenoxy) is 1. The topological polar surface area (TPSA) is 22.1 Å². The van der Waals surface area contributed by atoms with Gasteiger partial charge >= 0.3 is 0 Å². The van der Waals surface area contributed by atoms with Gasteiger partial charge in [-0.2, -0.15) is 0 Å². The van der Waals surface area contributed by atoms with Crippen molar-refractivity contribution in [2.24, 2.45) is 0 Å². The van der Waals surface area contributed by atoms with Crippen molar-refractivity contribution in [3.63, 3.8) is 0 Å². The largest absolute Gasteiger partial charge is 0.437 e. The van der Waals surface area contributed by atoms with Crippen molar-refractivity contribution in [3.8, 4) is 11.6 Å². The number of pyridine rings is 1. The fourth-order valence-electron chi connectivity index (χ4n) is 1.22. The second kappa shape index (κ2) is 5.58. The number of hydrogen-bond acceptors (Lipinski definition) is 2. The first kappa shape index (κ1) is 12.5. The third-order valence-electron chi connectivity index (χ3n) is 2.06. The molecule has 1 heterocycles. The molecule has 0 spiro atoms. The summed E-state index contributed by atoms with van der Waals surface area (Å²) in [5.74, 6) is 1.40. The highest BCUT2D eigenvalue weighted by atomic mass is 35.5. The van der Waals surface area contributed by atoms with Crippen LogP contribution in [-0.4, -0.2) is 4.98 Å². The monoisotopic (exact) mass is 287 g/mol. The van der Waals surface area contributed by atoms with Gasteiger partial charge in [-0.3, -0.25) is 0 Å². The predicted molar refractivity (Wildman–Crippen MR) is 70.3 cm³/mol. The van der Waals surface area contributed by atoms with Crippen LogP contribution in [0.1, 0.15) is 5.56 Å². The van der Waals surface area contributed by atoms with Crippen molar-refractivity contribution in [1.82, 2.24) is 4.98 Å². The molecule has 88 valence electrons. The molecule has 2 nitrogen and oxygen atoms in total. The summed E-state index contributed by atoms with van der Waals surface area (Å²) < 4.78 is 5.52.